The topological polar surface area (TPSA) is 87.7 Å². The first-order valence-electron chi connectivity index (χ1n) is 11.7. The van der Waals surface area contributed by atoms with Crippen molar-refractivity contribution in [3.05, 3.63) is 0 Å². The van der Waals surface area contributed by atoms with Crippen LogP contribution in [0.2, 0.25) is 0 Å². The van der Waals surface area contributed by atoms with Gasteiger partial charge in [-0.1, -0.05) is 52.4 Å². The fourth-order valence-electron chi connectivity index (χ4n) is 4.37. The van der Waals surface area contributed by atoms with Crippen molar-refractivity contribution >= 4 is 18.0 Å². The number of carbonyl (C=O) groups is 3. The SMILES string of the molecule is CC(C)C(NC(=O)OC(C)(C)C)C(=O)N(C(=O)NC1CCCCC1)C1CCCCC1. The highest BCUT2D eigenvalue weighted by Crippen LogP contribution is 2.25. The molecule has 2 saturated carbocycles. The van der Waals surface area contributed by atoms with E-state index in [4.69, 9.17) is 4.74 Å². The van der Waals surface area contributed by atoms with Gasteiger partial charge < -0.3 is 15.4 Å². The van der Waals surface area contributed by atoms with E-state index in [-0.39, 0.29) is 29.9 Å². The summed E-state index contributed by atoms with van der Waals surface area (Å²) in [5, 5.41) is 5.82. The second kappa shape index (κ2) is 11.0. The Kier molecular flexibility index (Phi) is 8.98. The van der Waals surface area contributed by atoms with Gasteiger partial charge in [0.2, 0.25) is 0 Å². The third kappa shape index (κ3) is 7.47. The fraction of sp³-hybridized carbons (Fsp3) is 0.870. The van der Waals surface area contributed by atoms with Crippen molar-refractivity contribution in [2.45, 2.75) is 123 Å². The molecular weight excluding hydrogens is 382 g/mol. The summed E-state index contributed by atoms with van der Waals surface area (Å²) in [6, 6.07) is -1.10. The zero-order valence-corrected chi connectivity index (χ0v) is 19.5. The molecule has 0 aromatic heterocycles. The second-order valence-electron chi connectivity index (χ2n) is 10.2. The van der Waals surface area contributed by atoms with Gasteiger partial charge in [-0.25, -0.2) is 9.59 Å². The van der Waals surface area contributed by atoms with E-state index in [2.05, 4.69) is 10.6 Å². The Bertz CT molecular complexity index is 588. The predicted octanol–water partition coefficient (Wildman–Crippen LogP) is 4.74. The van der Waals surface area contributed by atoms with Crippen molar-refractivity contribution in [1.29, 1.82) is 0 Å². The van der Waals surface area contributed by atoms with Crippen molar-refractivity contribution in [2.24, 2.45) is 5.92 Å². The van der Waals surface area contributed by atoms with Crippen LogP contribution in [0.25, 0.3) is 0 Å². The monoisotopic (exact) mass is 423 g/mol. The van der Waals surface area contributed by atoms with E-state index in [9.17, 15) is 14.4 Å². The summed E-state index contributed by atoms with van der Waals surface area (Å²) >= 11 is 0. The maximum Gasteiger partial charge on any atom is 0.408 e. The van der Waals surface area contributed by atoms with Gasteiger partial charge in [-0.2, -0.15) is 0 Å². The van der Waals surface area contributed by atoms with Gasteiger partial charge in [0.25, 0.3) is 5.91 Å². The molecule has 0 radical (unpaired) electrons. The van der Waals surface area contributed by atoms with Crippen LogP contribution in [0.1, 0.15) is 98.8 Å². The number of rotatable bonds is 5. The Hall–Kier alpha value is -1.79. The average molecular weight is 424 g/mol. The fourth-order valence-corrected chi connectivity index (χ4v) is 4.37. The Balaban J connectivity index is 2.17. The maximum atomic E-state index is 13.6. The van der Waals surface area contributed by atoms with E-state index >= 15 is 0 Å². The minimum absolute atomic E-state index is 0.114. The largest absolute Gasteiger partial charge is 0.444 e. The molecule has 2 aliphatic rings. The van der Waals surface area contributed by atoms with Crippen LogP contribution in [-0.4, -0.2) is 46.7 Å². The number of ether oxygens (including phenoxy) is 1. The minimum atomic E-state index is -0.807. The molecule has 4 amide bonds. The van der Waals surface area contributed by atoms with Crippen LogP contribution in [0, 0.1) is 5.92 Å². The highest BCUT2D eigenvalue weighted by molar-refractivity contribution is 5.99. The molecule has 2 N–H and O–H groups in total. The van der Waals surface area contributed by atoms with Gasteiger partial charge >= 0.3 is 12.1 Å². The van der Waals surface area contributed by atoms with E-state index < -0.39 is 17.7 Å². The van der Waals surface area contributed by atoms with Crippen LogP contribution in [0.15, 0.2) is 0 Å². The second-order valence-corrected chi connectivity index (χ2v) is 10.2. The number of amides is 4. The Morgan fingerprint density at radius 3 is 1.93 bits per heavy atom. The molecule has 0 heterocycles. The average Bonchev–Trinajstić information content (AvgIpc) is 2.66. The molecule has 0 spiro atoms. The van der Waals surface area contributed by atoms with Gasteiger partial charge in [-0.05, 0) is 52.4 Å². The number of hydrogen-bond acceptors (Lipinski definition) is 4. The number of alkyl carbamates (subject to hydrolysis) is 1. The summed E-state index contributed by atoms with van der Waals surface area (Å²) in [6.07, 6.45) is 9.50. The molecule has 172 valence electrons. The number of urea groups is 1. The number of nitrogens with zero attached hydrogens (tertiary/aromatic N) is 1. The minimum Gasteiger partial charge on any atom is -0.444 e. The molecule has 1 unspecified atom stereocenters. The number of carbonyl (C=O) groups excluding carboxylic acids is 3. The lowest BCUT2D eigenvalue weighted by Crippen LogP contribution is -2.59. The number of nitrogens with one attached hydrogen (secondary N) is 2. The third-order valence-electron chi connectivity index (χ3n) is 5.93. The molecule has 7 nitrogen and oxygen atoms in total. The molecule has 30 heavy (non-hydrogen) atoms. The Labute approximate surface area is 181 Å². The molecule has 2 aliphatic carbocycles. The van der Waals surface area contributed by atoms with Gasteiger partial charge in [0, 0.05) is 12.1 Å². The maximum absolute atomic E-state index is 13.6. The van der Waals surface area contributed by atoms with Crippen molar-refractivity contribution < 1.29 is 19.1 Å². The third-order valence-corrected chi connectivity index (χ3v) is 5.93. The summed E-state index contributed by atoms with van der Waals surface area (Å²) in [5.74, 6) is -0.505. The van der Waals surface area contributed by atoms with Gasteiger partial charge in [0.1, 0.15) is 11.6 Å². The van der Waals surface area contributed by atoms with Crippen molar-refractivity contribution in [1.82, 2.24) is 15.5 Å². The smallest absolute Gasteiger partial charge is 0.408 e. The summed E-state index contributed by atoms with van der Waals surface area (Å²) < 4.78 is 5.35. The molecule has 7 heteroatoms. The lowest BCUT2D eigenvalue weighted by Gasteiger charge is -2.37. The number of hydrogen-bond donors (Lipinski definition) is 2. The molecule has 0 saturated heterocycles. The van der Waals surface area contributed by atoms with E-state index in [0.29, 0.717) is 0 Å². The molecule has 2 fully saturated rings. The van der Waals surface area contributed by atoms with Gasteiger partial charge in [0.15, 0.2) is 0 Å². The van der Waals surface area contributed by atoms with E-state index in [1.165, 1.54) is 11.3 Å². The first-order valence-corrected chi connectivity index (χ1v) is 11.7. The highest BCUT2D eigenvalue weighted by Gasteiger charge is 2.38. The lowest BCUT2D eigenvalue weighted by molar-refractivity contribution is -0.134. The van der Waals surface area contributed by atoms with Crippen LogP contribution in [-0.2, 0) is 9.53 Å². The van der Waals surface area contributed by atoms with Crippen LogP contribution in [0.3, 0.4) is 0 Å². The van der Waals surface area contributed by atoms with Crippen molar-refractivity contribution in [3.63, 3.8) is 0 Å². The van der Waals surface area contributed by atoms with Crippen molar-refractivity contribution in [2.75, 3.05) is 0 Å². The van der Waals surface area contributed by atoms with Crippen LogP contribution in [0.5, 0.6) is 0 Å². The molecular formula is C23H41N3O4. The molecule has 2 rings (SSSR count). The van der Waals surface area contributed by atoms with Gasteiger partial charge in [0.05, 0.1) is 0 Å². The summed E-state index contributed by atoms with van der Waals surface area (Å²) in [5.41, 5.74) is -0.657. The quantitative estimate of drug-likeness (QED) is 0.668. The predicted molar refractivity (Wildman–Crippen MR) is 117 cm³/mol. The molecule has 0 bridgehead atoms. The summed E-state index contributed by atoms with van der Waals surface area (Å²) in [7, 11) is 0. The molecule has 1 atom stereocenters. The Morgan fingerprint density at radius 1 is 0.900 bits per heavy atom. The summed E-state index contributed by atoms with van der Waals surface area (Å²) in [6.45, 7) is 9.09. The standard InChI is InChI=1S/C23H41N3O4/c1-16(2)19(25-22(29)30-23(3,4)5)20(27)26(18-14-10-7-11-15-18)21(28)24-17-12-8-6-9-13-17/h16-19H,6-15H2,1-5H3,(H,24,28)(H,25,29). The normalized spacial score (nSPS) is 19.8. The van der Waals surface area contributed by atoms with Crippen LogP contribution >= 0.6 is 0 Å². The van der Waals surface area contributed by atoms with E-state index in [1.54, 1.807) is 20.8 Å². The van der Waals surface area contributed by atoms with Crippen LogP contribution in [0.4, 0.5) is 9.59 Å². The van der Waals surface area contributed by atoms with Crippen LogP contribution < -0.4 is 10.6 Å². The lowest BCUT2D eigenvalue weighted by atomic mass is 9.92. The summed E-state index contributed by atoms with van der Waals surface area (Å²) in [4.78, 5) is 40.6. The molecule has 0 aliphatic heterocycles. The zero-order valence-electron chi connectivity index (χ0n) is 19.5. The Morgan fingerprint density at radius 2 is 1.43 bits per heavy atom. The first-order chi connectivity index (χ1) is 14.1. The van der Waals surface area contributed by atoms with E-state index in [0.717, 1.165) is 57.8 Å². The van der Waals surface area contributed by atoms with E-state index in [1.807, 2.05) is 13.8 Å². The zero-order chi connectivity index (χ0) is 22.3. The van der Waals surface area contributed by atoms with Gasteiger partial charge in [-0.15, -0.1) is 0 Å². The first kappa shape index (κ1) is 24.5. The highest BCUT2D eigenvalue weighted by atomic mass is 16.6. The van der Waals surface area contributed by atoms with Crippen molar-refractivity contribution in [3.8, 4) is 0 Å². The molecule has 0 aromatic carbocycles. The van der Waals surface area contributed by atoms with Gasteiger partial charge in [-0.3, -0.25) is 9.69 Å². The number of imide groups is 1. The molecule has 0 aromatic rings.